The summed E-state index contributed by atoms with van der Waals surface area (Å²) in [5, 5.41) is 3.43. The van der Waals surface area contributed by atoms with Gasteiger partial charge in [-0.2, -0.15) is 0 Å². The van der Waals surface area contributed by atoms with Gasteiger partial charge in [0.15, 0.2) is 0 Å². The van der Waals surface area contributed by atoms with Crippen molar-refractivity contribution in [2.75, 3.05) is 40.4 Å². The number of esters is 1. The summed E-state index contributed by atoms with van der Waals surface area (Å²) in [6, 6.07) is -0.134. The lowest BCUT2D eigenvalue weighted by Gasteiger charge is -2.39. The van der Waals surface area contributed by atoms with Crippen LogP contribution in [0.3, 0.4) is 0 Å². The Morgan fingerprint density at radius 1 is 1.37 bits per heavy atom. The fourth-order valence-electron chi connectivity index (χ4n) is 3.21. The Morgan fingerprint density at radius 3 is 2.84 bits per heavy atom. The van der Waals surface area contributed by atoms with E-state index in [-0.39, 0.29) is 18.1 Å². The zero-order valence-corrected chi connectivity index (χ0v) is 12.1. The summed E-state index contributed by atoms with van der Waals surface area (Å²) in [6.45, 7) is 4.11. The number of hydrogen-bond acceptors (Lipinski definition) is 5. The highest BCUT2D eigenvalue weighted by Crippen LogP contribution is 2.23. The molecule has 0 saturated carbocycles. The van der Waals surface area contributed by atoms with Crippen LogP contribution in [0.25, 0.3) is 0 Å². The standard InChI is InChI=1S/C14H26N2O3/c1-18-12-5-7-16(13(8-12)14(17)19-2)10-11-4-3-6-15-9-11/h11-13,15H,3-10H2,1-2H3. The largest absolute Gasteiger partial charge is 0.468 e. The van der Waals surface area contributed by atoms with Gasteiger partial charge in [0.05, 0.1) is 13.2 Å². The second kappa shape index (κ2) is 7.22. The number of rotatable bonds is 4. The van der Waals surface area contributed by atoms with E-state index in [9.17, 15) is 4.79 Å². The second-order valence-electron chi connectivity index (χ2n) is 5.63. The molecular formula is C14H26N2O3. The molecule has 5 heteroatoms. The van der Waals surface area contributed by atoms with Crippen molar-refractivity contribution in [1.82, 2.24) is 10.2 Å². The molecule has 0 aromatic heterocycles. The van der Waals surface area contributed by atoms with E-state index in [0.717, 1.165) is 39.0 Å². The third-order valence-corrected chi connectivity index (χ3v) is 4.36. The maximum Gasteiger partial charge on any atom is 0.323 e. The van der Waals surface area contributed by atoms with Crippen molar-refractivity contribution in [2.24, 2.45) is 5.92 Å². The Morgan fingerprint density at radius 2 is 2.21 bits per heavy atom. The summed E-state index contributed by atoms with van der Waals surface area (Å²) in [4.78, 5) is 14.2. The molecule has 19 heavy (non-hydrogen) atoms. The van der Waals surface area contributed by atoms with E-state index in [1.54, 1.807) is 7.11 Å². The number of carbonyl (C=O) groups excluding carboxylic acids is 1. The molecule has 0 bridgehead atoms. The number of nitrogens with one attached hydrogen (secondary N) is 1. The number of carbonyl (C=O) groups is 1. The lowest BCUT2D eigenvalue weighted by atomic mass is 9.94. The normalized spacial score (nSPS) is 33.1. The fraction of sp³-hybridized carbons (Fsp3) is 0.929. The Kier molecular flexibility index (Phi) is 5.60. The van der Waals surface area contributed by atoms with Crippen LogP contribution in [0.15, 0.2) is 0 Å². The van der Waals surface area contributed by atoms with Gasteiger partial charge < -0.3 is 14.8 Å². The SMILES string of the molecule is COC(=O)C1CC(OC)CCN1CC1CCCNC1. The molecule has 0 radical (unpaired) electrons. The number of piperidine rings is 2. The minimum atomic E-state index is -0.134. The molecule has 0 aromatic rings. The highest BCUT2D eigenvalue weighted by molar-refractivity contribution is 5.75. The molecule has 2 aliphatic heterocycles. The third-order valence-electron chi connectivity index (χ3n) is 4.36. The van der Waals surface area contributed by atoms with Gasteiger partial charge in [0.25, 0.3) is 0 Å². The van der Waals surface area contributed by atoms with E-state index in [2.05, 4.69) is 10.2 Å². The van der Waals surface area contributed by atoms with E-state index in [4.69, 9.17) is 9.47 Å². The summed E-state index contributed by atoms with van der Waals surface area (Å²) in [6.07, 6.45) is 4.44. The number of methoxy groups -OCH3 is 2. The van der Waals surface area contributed by atoms with Gasteiger partial charge in [-0.1, -0.05) is 0 Å². The molecule has 3 unspecified atom stereocenters. The van der Waals surface area contributed by atoms with E-state index in [1.807, 2.05) is 0 Å². The minimum absolute atomic E-state index is 0.120. The molecule has 110 valence electrons. The molecular weight excluding hydrogens is 244 g/mol. The van der Waals surface area contributed by atoms with Crippen LogP contribution in [0.4, 0.5) is 0 Å². The molecule has 2 aliphatic rings. The molecule has 0 amide bonds. The zero-order valence-electron chi connectivity index (χ0n) is 12.1. The van der Waals surface area contributed by atoms with Crippen molar-refractivity contribution in [3.8, 4) is 0 Å². The Bertz CT molecular complexity index is 292. The summed E-state index contributed by atoms with van der Waals surface area (Å²) in [5.41, 5.74) is 0. The molecule has 2 saturated heterocycles. The molecule has 5 nitrogen and oxygen atoms in total. The Labute approximate surface area is 115 Å². The van der Waals surface area contributed by atoms with Crippen molar-refractivity contribution in [3.05, 3.63) is 0 Å². The van der Waals surface area contributed by atoms with Crippen LogP contribution in [-0.4, -0.2) is 63.4 Å². The zero-order chi connectivity index (χ0) is 13.7. The first-order valence-corrected chi connectivity index (χ1v) is 7.30. The molecule has 3 atom stereocenters. The predicted molar refractivity (Wildman–Crippen MR) is 73.0 cm³/mol. The van der Waals surface area contributed by atoms with Gasteiger partial charge in [-0.15, -0.1) is 0 Å². The van der Waals surface area contributed by atoms with Crippen LogP contribution in [0.2, 0.25) is 0 Å². The lowest BCUT2D eigenvalue weighted by molar-refractivity contribution is -0.151. The highest BCUT2D eigenvalue weighted by Gasteiger charge is 2.35. The fourth-order valence-corrected chi connectivity index (χ4v) is 3.21. The summed E-state index contributed by atoms with van der Waals surface area (Å²) in [7, 11) is 3.19. The van der Waals surface area contributed by atoms with Gasteiger partial charge in [-0.25, -0.2) is 0 Å². The first-order chi connectivity index (χ1) is 9.24. The van der Waals surface area contributed by atoms with Crippen molar-refractivity contribution in [2.45, 2.75) is 37.8 Å². The van der Waals surface area contributed by atoms with Gasteiger partial charge in [0, 0.05) is 20.2 Å². The van der Waals surface area contributed by atoms with Crippen LogP contribution in [-0.2, 0) is 14.3 Å². The summed E-state index contributed by atoms with van der Waals surface area (Å²) in [5.74, 6) is 0.533. The van der Waals surface area contributed by atoms with Crippen LogP contribution >= 0.6 is 0 Å². The predicted octanol–water partition coefficient (Wildman–Crippen LogP) is 0.638. The maximum absolute atomic E-state index is 11.9. The van der Waals surface area contributed by atoms with Gasteiger partial charge in [-0.3, -0.25) is 9.69 Å². The smallest absolute Gasteiger partial charge is 0.323 e. The average Bonchev–Trinajstić information content (AvgIpc) is 2.48. The molecule has 0 spiro atoms. The van der Waals surface area contributed by atoms with Gasteiger partial charge in [0.1, 0.15) is 6.04 Å². The summed E-state index contributed by atoms with van der Waals surface area (Å²) >= 11 is 0. The van der Waals surface area contributed by atoms with Crippen molar-refractivity contribution in [1.29, 1.82) is 0 Å². The molecule has 2 fully saturated rings. The van der Waals surface area contributed by atoms with Crippen molar-refractivity contribution >= 4 is 5.97 Å². The first-order valence-electron chi connectivity index (χ1n) is 7.30. The molecule has 0 aliphatic carbocycles. The molecule has 2 rings (SSSR count). The molecule has 2 heterocycles. The van der Waals surface area contributed by atoms with Crippen LogP contribution in [0.5, 0.6) is 0 Å². The van der Waals surface area contributed by atoms with E-state index in [1.165, 1.54) is 20.0 Å². The number of likely N-dealkylation sites (tertiary alicyclic amines) is 1. The van der Waals surface area contributed by atoms with Crippen LogP contribution < -0.4 is 5.32 Å². The Balaban J connectivity index is 1.93. The first kappa shape index (κ1) is 14.8. The topological polar surface area (TPSA) is 50.8 Å². The monoisotopic (exact) mass is 270 g/mol. The third kappa shape index (κ3) is 3.91. The number of ether oxygens (including phenoxy) is 2. The molecule has 0 aromatic carbocycles. The van der Waals surface area contributed by atoms with E-state index < -0.39 is 0 Å². The van der Waals surface area contributed by atoms with E-state index in [0.29, 0.717) is 5.92 Å². The second-order valence-corrected chi connectivity index (χ2v) is 5.63. The van der Waals surface area contributed by atoms with Gasteiger partial charge in [0.2, 0.25) is 0 Å². The lowest BCUT2D eigenvalue weighted by Crippen LogP contribution is -2.52. The van der Waals surface area contributed by atoms with Gasteiger partial charge >= 0.3 is 5.97 Å². The quantitative estimate of drug-likeness (QED) is 0.760. The average molecular weight is 270 g/mol. The van der Waals surface area contributed by atoms with Crippen LogP contribution in [0, 0.1) is 5.92 Å². The minimum Gasteiger partial charge on any atom is -0.468 e. The Hall–Kier alpha value is -0.650. The highest BCUT2D eigenvalue weighted by atomic mass is 16.5. The maximum atomic E-state index is 11.9. The molecule has 1 N–H and O–H groups in total. The van der Waals surface area contributed by atoms with Crippen molar-refractivity contribution < 1.29 is 14.3 Å². The van der Waals surface area contributed by atoms with E-state index >= 15 is 0 Å². The number of hydrogen-bond donors (Lipinski definition) is 1. The van der Waals surface area contributed by atoms with Gasteiger partial charge in [-0.05, 0) is 44.7 Å². The number of nitrogens with zero attached hydrogens (tertiary/aromatic N) is 1. The summed E-state index contributed by atoms with van der Waals surface area (Å²) < 4.78 is 10.4. The van der Waals surface area contributed by atoms with Crippen molar-refractivity contribution in [3.63, 3.8) is 0 Å². The van der Waals surface area contributed by atoms with Crippen LogP contribution in [0.1, 0.15) is 25.7 Å².